The molecule has 3 heterocycles. The molecular formula is C44H33BN2S. The van der Waals surface area contributed by atoms with Crippen LogP contribution in [0, 0.1) is 0 Å². The number of rotatable bonds is 2. The van der Waals surface area contributed by atoms with Crippen molar-refractivity contribution in [3.63, 3.8) is 0 Å². The number of hydrogen-bond acceptors (Lipinski definition) is 3. The molecule has 0 spiro atoms. The normalized spacial score (nSPS) is 13.6. The van der Waals surface area contributed by atoms with E-state index in [0.717, 1.165) is 0 Å². The molecule has 0 saturated heterocycles. The van der Waals surface area contributed by atoms with Gasteiger partial charge in [0.25, 0.3) is 6.71 Å². The molecule has 48 heavy (non-hydrogen) atoms. The first-order chi connectivity index (χ1) is 23.5. The molecule has 7 aromatic carbocycles. The molecule has 0 radical (unpaired) electrons. The highest BCUT2D eigenvalue weighted by Crippen LogP contribution is 2.49. The number of thiophene rings is 1. The molecule has 0 saturated carbocycles. The summed E-state index contributed by atoms with van der Waals surface area (Å²) in [6.07, 6.45) is 0. The summed E-state index contributed by atoms with van der Waals surface area (Å²) in [4.78, 5) is 5.09. The third kappa shape index (κ3) is 3.87. The molecule has 0 atom stereocenters. The Morgan fingerprint density at radius 3 is 1.75 bits per heavy atom. The van der Waals surface area contributed by atoms with E-state index in [9.17, 15) is 0 Å². The average molecular weight is 633 g/mol. The van der Waals surface area contributed by atoms with Crippen LogP contribution >= 0.6 is 11.3 Å². The van der Waals surface area contributed by atoms with Gasteiger partial charge in [0.15, 0.2) is 0 Å². The minimum atomic E-state index is -0.0551. The van der Waals surface area contributed by atoms with E-state index in [-0.39, 0.29) is 12.1 Å². The van der Waals surface area contributed by atoms with Crippen molar-refractivity contribution in [2.45, 2.75) is 26.2 Å². The van der Waals surface area contributed by atoms with Crippen molar-refractivity contribution in [3.8, 4) is 0 Å². The average Bonchev–Trinajstić information content (AvgIpc) is 3.50. The lowest BCUT2D eigenvalue weighted by Crippen LogP contribution is -2.61. The highest BCUT2D eigenvalue weighted by molar-refractivity contribution is 7.26. The fourth-order valence-electron chi connectivity index (χ4n) is 8.20. The zero-order chi connectivity index (χ0) is 32.1. The van der Waals surface area contributed by atoms with E-state index in [2.05, 4.69) is 176 Å². The second-order valence-corrected chi connectivity index (χ2v) is 15.2. The molecule has 8 aromatic rings. The van der Waals surface area contributed by atoms with Gasteiger partial charge < -0.3 is 9.80 Å². The van der Waals surface area contributed by atoms with Crippen LogP contribution in [0.2, 0.25) is 0 Å². The molecule has 4 heteroatoms. The van der Waals surface area contributed by atoms with Crippen LogP contribution in [0.15, 0.2) is 146 Å². The number of fused-ring (bicyclic) bond motifs is 9. The number of para-hydroxylation sites is 3. The molecule has 0 amide bonds. The second-order valence-electron chi connectivity index (χ2n) is 14.1. The first kappa shape index (κ1) is 27.8. The van der Waals surface area contributed by atoms with Gasteiger partial charge in [0, 0.05) is 54.0 Å². The standard InChI is InChI=1S/C44H33BN2S/c1-44(2,3)28-25-38-43-39(26-28)47(37-27-41-42(31-18-8-7-17-30(31)37)32-19-9-14-24-40(32)48-41)36-23-13-11-21-34(36)45(43)33-20-10-12-22-35(33)46(38)29-15-5-4-6-16-29/h4-27H,1-3H3. The third-order valence-electron chi connectivity index (χ3n) is 10.4. The highest BCUT2D eigenvalue weighted by atomic mass is 32.1. The summed E-state index contributed by atoms with van der Waals surface area (Å²) < 4.78 is 2.65. The molecule has 0 unspecified atom stereocenters. The Balaban J connectivity index is 1.36. The van der Waals surface area contributed by atoms with Crippen molar-refractivity contribution in [1.29, 1.82) is 0 Å². The van der Waals surface area contributed by atoms with E-state index >= 15 is 0 Å². The molecule has 1 aromatic heterocycles. The van der Waals surface area contributed by atoms with Crippen molar-refractivity contribution in [2.24, 2.45) is 0 Å². The lowest BCUT2D eigenvalue weighted by molar-refractivity contribution is 0.590. The van der Waals surface area contributed by atoms with E-state index in [1.54, 1.807) is 0 Å². The summed E-state index contributed by atoms with van der Waals surface area (Å²) in [6, 6.07) is 54.3. The van der Waals surface area contributed by atoms with Crippen LogP contribution in [0.3, 0.4) is 0 Å². The molecular weight excluding hydrogens is 599 g/mol. The zero-order valence-corrected chi connectivity index (χ0v) is 28.1. The quantitative estimate of drug-likeness (QED) is 0.175. The summed E-state index contributed by atoms with van der Waals surface area (Å²) >= 11 is 1.90. The van der Waals surface area contributed by atoms with Crippen molar-refractivity contribution < 1.29 is 0 Å². The lowest BCUT2D eigenvalue weighted by Gasteiger charge is -2.45. The first-order valence-corrected chi connectivity index (χ1v) is 17.6. The Hall–Kier alpha value is -5.32. The summed E-state index contributed by atoms with van der Waals surface area (Å²) in [7, 11) is 0. The molecule has 228 valence electrons. The zero-order valence-electron chi connectivity index (χ0n) is 27.2. The Bertz CT molecular complexity index is 2580. The number of benzene rings is 7. The molecule has 0 aliphatic carbocycles. The van der Waals surface area contributed by atoms with Gasteiger partial charge in [0.1, 0.15) is 0 Å². The fourth-order valence-corrected chi connectivity index (χ4v) is 9.36. The maximum Gasteiger partial charge on any atom is 0.252 e. The minimum Gasteiger partial charge on any atom is -0.311 e. The summed E-state index contributed by atoms with van der Waals surface area (Å²) in [5, 5.41) is 5.27. The minimum absolute atomic E-state index is 0.0551. The topological polar surface area (TPSA) is 6.48 Å². The molecule has 2 aliphatic heterocycles. The van der Waals surface area contributed by atoms with Gasteiger partial charge in [-0.1, -0.05) is 118 Å². The Morgan fingerprint density at radius 2 is 1.04 bits per heavy atom. The Labute approximate surface area is 285 Å². The number of nitrogens with zero attached hydrogens (tertiary/aromatic N) is 2. The van der Waals surface area contributed by atoms with Crippen LogP contribution in [0.5, 0.6) is 0 Å². The van der Waals surface area contributed by atoms with E-state index in [4.69, 9.17) is 0 Å². The summed E-state index contributed by atoms with van der Waals surface area (Å²) in [5.74, 6) is 0. The van der Waals surface area contributed by atoms with Crippen molar-refractivity contribution >= 4 is 99.5 Å². The van der Waals surface area contributed by atoms with E-state index in [0.29, 0.717) is 0 Å². The fraction of sp³-hybridized carbons (Fsp3) is 0.0909. The van der Waals surface area contributed by atoms with Crippen molar-refractivity contribution in [2.75, 3.05) is 9.80 Å². The molecule has 0 N–H and O–H groups in total. The Morgan fingerprint density at radius 1 is 0.479 bits per heavy atom. The van der Waals surface area contributed by atoms with Gasteiger partial charge in [0.2, 0.25) is 0 Å². The largest absolute Gasteiger partial charge is 0.311 e. The van der Waals surface area contributed by atoms with Crippen LogP contribution in [-0.4, -0.2) is 6.71 Å². The van der Waals surface area contributed by atoms with Crippen LogP contribution in [0.25, 0.3) is 30.9 Å². The van der Waals surface area contributed by atoms with Gasteiger partial charge in [-0.2, -0.15) is 0 Å². The van der Waals surface area contributed by atoms with Gasteiger partial charge in [-0.25, -0.2) is 0 Å². The number of hydrogen-bond donors (Lipinski definition) is 0. The SMILES string of the molecule is CC(C)(C)c1cc2c3c(c1)N(c1cc4sc5ccccc5c4c4ccccc14)c1ccccc1B3c1ccccc1N2c1ccccc1. The van der Waals surface area contributed by atoms with Gasteiger partial charge in [-0.15, -0.1) is 11.3 Å². The van der Waals surface area contributed by atoms with Gasteiger partial charge in [-0.3, -0.25) is 0 Å². The Kier molecular flexibility index (Phi) is 5.84. The first-order valence-electron chi connectivity index (χ1n) is 16.8. The van der Waals surface area contributed by atoms with Gasteiger partial charge in [-0.05, 0) is 81.3 Å². The lowest BCUT2D eigenvalue weighted by atomic mass is 9.33. The predicted molar refractivity (Wildman–Crippen MR) is 210 cm³/mol. The van der Waals surface area contributed by atoms with Crippen LogP contribution in [0.4, 0.5) is 34.1 Å². The van der Waals surface area contributed by atoms with E-state index in [1.807, 2.05) is 11.3 Å². The maximum atomic E-state index is 2.59. The molecule has 0 fully saturated rings. The third-order valence-corrected chi connectivity index (χ3v) is 11.5. The molecule has 10 rings (SSSR count). The molecule has 2 nitrogen and oxygen atoms in total. The van der Waals surface area contributed by atoms with Crippen molar-refractivity contribution in [1.82, 2.24) is 0 Å². The van der Waals surface area contributed by atoms with Gasteiger partial charge in [0.05, 0.1) is 5.69 Å². The van der Waals surface area contributed by atoms with Crippen LogP contribution in [0.1, 0.15) is 26.3 Å². The predicted octanol–water partition coefficient (Wildman–Crippen LogP) is 10.6. The maximum absolute atomic E-state index is 2.59. The van der Waals surface area contributed by atoms with Crippen LogP contribution in [-0.2, 0) is 5.41 Å². The summed E-state index contributed by atoms with van der Waals surface area (Å²) in [6.45, 7) is 7.12. The van der Waals surface area contributed by atoms with Gasteiger partial charge >= 0.3 is 0 Å². The molecule has 0 bridgehead atoms. The van der Waals surface area contributed by atoms with E-state index in [1.165, 1.54) is 87.0 Å². The monoisotopic (exact) mass is 632 g/mol. The highest BCUT2D eigenvalue weighted by Gasteiger charge is 2.44. The smallest absolute Gasteiger partial charge is 0.252 e. The summed E-state index contributed by atoms with van der Waals surface area (Å²) in [5.41, 5.74) is 12.8. The van der Waals surface area contributed by atoms with Crippen LogP contribution < -0.4 is 26.2 Å². The van der Waals surface area contributed by atoms with E-state index < -0.39 is 0 Å². The van der Waals surface area contributed by atoms with Crippen molar-refractivity contribution in [3.05, 3.63) is 151 Å². The second kappa shape index (κ2) is 10.1. The number of anilines is 6. The molecule has 2 aliphatic rings.